The zero-order chi connectivity index (χ0) is 29.8. The summed E-state index contributed by atoms with van der Waals surface area (Å²) in [7, 11) is 0. The SMILES string of the molecule is C=CC(=O)Oc1cc(C2CCCCC2)c(-c2ccc3nc(-c4cccc(C#N)c4)ccc3c2)n1CC(=O)N1CCOCC1. The van der Waals surface area contributed by atoms with Crippen molar-refractivity contribution < 1.29 is 19.1 Å². The molecule has 3 heterocycles. The van der Waals surface area contributed by atoms with Gasteiger partial charge >= 0.3 is 5.97 Å². The summed E-state index contributed by atoms with van der Waals surface area (Å²) in [6.07, 6.45) is 6.73. The third kappa shape index (κ3) is 6.08. The summed E-state index contributed by atoms with van der Waals surface area (Å²) in [5.74, 6) is 0.0503. The highest BCUT2D eigenvalue weighted by Crippen LogP contribution is 2.43. The number of rotatable bonds is 7. The lowest BCUT2D eigenvalue weighted by Gasteiger charge is -2.28. The highest BCUT2D eigenvalue weighted by Gasteiger charge is 2.28. The molecule has 2 aromatic heterocycles. The summed E-state index contributed by atoms with van der Waals surface area (Å²) in [6, 6.07) is 21.7. The third-order valence-electron chi connectivity index (χ3n) is 8.41. The van der Waals surface area contributed by atoms with Gasteiger partial charge in [-0.1, -0.05) is 50.1 Å². The molecule has 0 bridgehead atoms. The second kappa shape index (κ2) is 12.6. The molecule has 8 nitrogen and oxygen atoms in total. The lowest BCUT2D eigenvalue weighted by molar-refractivity contribution is -0.136. The van der Waals surface area contributed by atoms with E-state index in [0.29, 0.717) is 43.7 Å². The molecule has 8 heteroatoms. The standard InChI is InChI=1S/C35H34N4O4/c1-2-34(41)43-33-21-29(25-8-4-3-5-9-25)35(39(33)23-32(40)38-15-17-42-18-16-38)28-12-14-31-27(20-28)11-13-30(37-31)26-10-6-7-24(19-26)22-36/h2,6-7,10-14,19-21,25H,1,3-5,8-9,15-18,23H2. The van der Waals surface area contributed by atoms with Crippen LogP contribution in [0.1, 0.15) is 49.1 Å². The number of ether oxygens (including phenoxy) is 2. The van der Waals surface area contributed by atoms with Crippen molar-refractivity contribution in [3.63, 3.8) is 0 Å². The van der Waals surface area contributed by atoms with Gasteiger partial charge in [-0.2, -0.15) is 5.26 Å². The molecule has 0 spiro atoms. The van der Waals surface area contributed by atoms with Crippen molar-refractivity contribution in [1.82, 2.24) is 14.5 Å². The number of nitrogens with zero attached hydrogens (tertiary/aromatic N) is 4. The topological polar surface area (TPSA) is 97.4 Å². The molecule has 218 valence electrons. The predicted molar refractivity (Wildman–Crippen MR) is 164 cm³/mol. The van der Waals surface area contributed by atoms with Crippen LogP contribution in [0.5, 0.6) is 5.88 Å². The molecule has 1 saturated heterocycles. The Morgan fingerprint density at radius 1 is 1.02 bits per heavy atom. The van der Waals surface area contributed by atoms with Crippen LogP contribution in [0.3, 0.4) is 0 Å². The second-order valence-electron chi connectivity index (χ2n) is 11.1. The monoisotopic (exact) mass is 574 g/mol. The first-order valence-electron chi connectivity index (χ1n) is 14.9. The normalized spacial score (nSPS) is 15.7. The maximum atomic E-state index is 13.5. The van der Waals surface area contributed by atoms with Crippen molar-refractivity contribution in [2.75, 3.05) is 26.3 Å². The molecule has 0 atom stereocenters. The minimum Gasteiger partial charge on any atom is -0.406 e. The van der Waals surface area contributed by atoms with E-state index in [9.17, 15) is 14.9 Å². The highest BCUT2D eigenvalue weighted by molar-refractivity contribution is 5.88. The van der Waals surface area contributed by atoms with Gasteiger partial charge in [0.05, 0.1) is 41.8 Å². The van der Waals surface area contributed by atoms with Crippen LogP contribution in [-0.4, -0.2) is 52.6 Å². The Balaban J connectivity index is 1.45. The van der Waals surface area contributed by atoms with Crippen LogP contribution in [0.4, 0.5) is 0 Å². The summed E-state index contributed by atoms with van der Waals surface area (Å²) in [5.41, 5.74) is 6.01. The number of benzene rings is 2. The van der Waals surface area contributed by atoms with E-state index < -0.39 is 5.97 Å². The number of fused-ring (bicyclic) bond motifs is 1. The van der Waals surface area contributed by atoms with Crippen LogP contribution in [0.15, 0.2) is 73.3 Å². The largest absolute Gasteiger partial charge is 0.406 e. The molecule has 2 aliphatic rings. The van der Waals surface area contributed by atoms with Gasteiger partial charge in [0.2, 0.25) is 11.8 Å². The van der Waals surface area contributed by atoms with Crippen LogP contribution in [-0.2, 0) is 20.9 Å². The van der Waals surface area contributed by atoms with Crippen LogP contribution in [0.25, 0.3) is 33.4 Å². The Labute approximate surface area is 251 Å². The quantitative estimate of drug-likeness (QED) is 0.191. The molecule has 0 radical (unpaired) electrons. The first-order chi connectivity index (χ1) is 21.0. The molecule has 1 aliphatic heterocycles. The molecule has 43 heavy (non-hydrogen) atoms. The van der Waals surface area contributed by atoms with Gasteiger partial charge in [-0.15, -0.1) is 0 Å². The lowest BCUT2D eigenvalue weighted by atomic mass is 9.83. The Kier molecular flexibility index (Phi) is 8.34. The van der Waals surface area contributed by atoms with Crippen molar-refractivity contribution in [2.24, 2.45) is 0 Å². The van der Waals surface area contributed by atoms with E-state index in [-0.39, 0.29) is 12.5 Å². The zero-order valence-corrected chi connectivity index (χ0v) is 24.1. The van der Waals surface area contributed by atoms with E-state index >= 15 is 0 Å². The number of carbonyl (C=O) groups excluding carboxylic acids is 2. The predicted octanol–water partition coefficient (Wildman–Crippen LogP) is 6.24. The fourth-order valence-electron chi connectivity index (χ4n) is 6.21. The van der Waals surface area contributed by atoms with Crippen molar-refractivity contribution in [2.45, 2.75) is 44.6 Å². The fraction of sp³-hybridized carbons (Fsp3) is 0.314. The molecule has 2 aromatic carbocycles. The summed E-state index contributed by atoms with van der Waals surface area (Å²) in [6.45, 7) is 5.71. The van der Waals surface area contributed by atoms with Gasteiger partial charge < -0.3 is 18.9 Å². The Morgan fingerprint density at radius 3 is 2.60 bits per heavy atom. The van der Waals surface area contributed by atoms with Crippen LogP contribution in [0, 0.1) is 11.3 Å². The highest BCUT2D eigenvalue weighted by atomic mass is 16.5. The Hall–Kier alpha value is -4.74. The van der Waals surface area contributed by atoms with Gasteiger partial charge in [-0.05, 0) is 60.2 Å². The Bertz CT molecular complexity index is 1720. The molecule has 1 amide bonds. The van der Waals surface area contributed by atoms with Gasteiger partial charge in [0, 0.05) is 36.2 Å². The first kappa shape index (κ1) is 28.4. The lowest BCUT2D eigenvalue weighted by Crippen LogP contribution is -2.42. The Morgan fingerprint density at radius 2 is 1.84 bits per heavy atom. The molecule has 2 fully saturated rings. The number of morpholine rings is 1. The summed E-state index contributed by atoms with van der Waals surface area (Å²) in [4.78, 5) is 32.7. The number of nitriles is 1. The van der Waals surface area contributed by atoms with E-state index in [4.69, 9.17) is 14.5 Å². The zero-order valence-electron chi connectivity index (χ0n) is 24.1. The number of hydrogen-bond acceptors (Lipinski definition) is 6. The number of aromatic nitrogens is 2. The molecule has 0 unspecified atom stereocenters. The minimum absolute atomic E-state index is 0.0436. The van der Waals surface area contributed by atoms with Gasteiger partial charge in [0.1, 0.15) is 6.54 Å². The van der Waals surface area contributed by atoms with E-state index in [2.05, 4.69) is 18.7 Å². The average Bonchev–Trinajstić information content (AvgIpc) is 3.42. The van der Waals surface area contributed by atoms with Crippen molar-refractivity contribution >= 4 is 22.8 Å². The maximum Gasteiger partial charge on any atom is 0.336 e. The van der Waals surface area contributed by atoms with Crippen molar-refractivity contribution in [1.29, 1.82) is 5.26 Å². The first-order valence-corrected chi connectivity index (χ1v) is 14.9. The van der Waals surface area contributed by atoms with Crippen molar-refractivity contribution in [3.05, 3.63) is 84.4 Å². The smallest absolute Gasteiger partial charge is 0.336 e. The summed E-state index contributed by atoms with van der Waals surface area (Å²) in [5, 5.41) is 10.3. The van der Waals surface area contributed by atoms with Gasteiger partial charge in [-0.3, -0.25) is 4.79 Å². The minimum atomic E-state index is -0.560. The van der Waals surface area contributed by atoms with E-state index in [0.717, 1.165) is 70.7 Å². The summed E-state index contributed by atoms with van der Waals surface area (Å²) < 4.78 is 13.1. The molecule has 1 saturated carbocycles. The fourth-order valence-corrected chi connectivity index (χ4v) is 6.21. The average molecular weight is 575 g/mol. The van der Waals surface area contributed by atoms with Crippen LogP contribution < -0.4 is 4.74 Å². The number of hydrogen-bond donors (Lipinski definition) is 0. The number of carbonyl (C=O) groups is 2. The number of esters is 1. The number of amides is 1. The summed E-state index contributed by atoms with van der Waals surface area (Å²) >= 11 is 0. The van der Waals surface area contributed by atoms with Gasteiger partial charge in [0.25, 0.3) is 0 Å². The van der Waals surface area contributed by atoms with E-state index in [1.165, 1.54) is 6.42 Å². The molecular formula is C35H34N4O4. The van der Waals surface area contributed by atoms with Crippen LogP contribution in [0.2, 0.25) is 0 Å². The van der Waals surface area contributed by atoms with Crippen LogP contribution >= 0.6 is 0 Å². The van der Waals surface area contributed by atoms with Gasteiger partial charge in [0.15, 0.2) is 0 Å². The number of pyridine rings is 1. The third-order valence-corrected chi connectivity index (χ3v) is 8.41. The van der Waals surface area contributed by atoms with Gasteiger partial charge in [-0.25, -0.2) is 9.78 Å². The maximum absolute atomic E-state index is 13.5. The molecule has 4 aromatic rings. The molecule has 1 aliphatic carbocycles. The second-order valence-corrected chi connectivity index (χ2v) is 11.1. The van der Waals surface area contributed by atoms with E-state index in [1.807, 2.05) is 53.1 Å². The molecule has 0 N–H and O–H groups in total. The molecular weight excluding hydrogens is 540 g/mol. The van der Waals surface area contributed by atoms with E-state index in [1.54, 1.807) is 11.0 Å². The van der Waals surface area contributed by atoms with Crippen molar-refractivity contribution in [3.8, 4) is 34.5 Å². The molecule has 6 rings (SSSR count).